The van der Waals surface area contributed by atoms with Gasteiger partial charge in [-0.15, -0.1) is 10.2 Å². The van der Waals surface area contributed by atoms with Crippen LogP contribution in [0.2, 0.25) is 0 Å². The second-order valence-corrected chi connectivity index (χ2v) is 7.45. The summed E-state index contributed by atoms with van der Waals surface area (Å²) in [4.78, 5) is 2.27. The molecule has 0 saturated carbocycles. The molecule has 2 aromatic rings. The van der Waals surface area contributed by atoms with E-state index in [1.807, 2.05) is 18.2 Å². The molecule has 2 heterocycles. The summed E-state index contributed by atoms with van der Waals surface area (Å²) in [6, 6.07) is 10.4. The molecule has 0 aliphatic carbocycles. The van der Waals surface area contributed by atoms with Crippen LogP contribution in [0.3, 0.4) is 0 Å². The molecule has 1 aromatic carbocycles. The van der Waals surface area contributed by atoms with E-state index in [-0.39, 0.29) is 6.61 Å². The van der Waals surface area contributed by atoms with E-state index >= 15 is 0 Å². The molecule has 2 N–H and O–H groups in total. The summed E-state index contributed by atoms with van der Waals surface area (Å²) < 4.78 is 2.07. The molecule has 1 aliphatic heterocycles. The summed E-state index contributed by atoms with van der Waals surface area (Å²) in [7, 11) is 0. The molecule has 1 fully saturated rings. The maximum Gasteiger partial charge on any atom is 0.147 e. The highest BCUT2D eigenvalue weighted by Crippen LogP contribution is 2.34. The van der Waals surface area contributed by atoms with E-state index in [1.54, 1.807) is 6.33 Å². The number of rotatable bonds is 6. The highest BCUT2D eigenvalue weighted by atomic mass is 16.3. The standard InChI is InChI=1S/C19H28N4O2/c1-15(2)23-14-20-21-18(23)11-22-9-8-17(25)19(12-22,13-24)10-16-6-4-3-5-7-16/h3-7,14-15,17,24-25H,8-13H2,1-2H3/t17-,19+/m0/s1. The van der Waals surface area contributed by atoms with Crippen LogP contribution in [0.15, 0.2) is 36.7 Å². The van der Waals surface area contributed by atoms with Gasteiger partial charge in [-0.1, -0.05) is 30.3 Å². The Kier molecular flexibility index (Phi) is 5.51. The smallest absolute Gasteiger partial charge is 0.147 e. The van der Waals surface area contributed by atoms with Crippen LogP contribution in [0.25, 0.3) is 0 Å². The van der Waals surface area contributed by atoms with Gasteiger partial charge in [-0.05, 0) is 32.3 Å². The normalized spacial score (nSPS) is 24.8. The lowest BCUT2D eigenvalue weighted by atomic mass is 9.73. The van der Waals surface area contributed by atoms with Gasteiger partial charge in [0.1, 0.15) is 12.2 Å². The van der Waals surface area contributed by atoms with Crippen molar-refractivity contribution in [2.45, 2.75) is 45.4 Å². The molecule has 1 aromatic heterocycles. The molecule has 1 aliphatic rings. The van der Waals surface area contributed by atoms with Gasteiger partial charge in [-0.2, -0.15) is 0 Å². The molecule has 6 nitrogen and oxygen atoms in total. The molecular weight excluding hydrogens is 316 g/mol. The first kappa shape index (κ1) is 18.0. The number of aliphatic hydroxyl groups excluding tert-OH is 2. The number of nitrogens with zero attached hydrogens (tertiary/aromatic N) is 4. The van der Waals surface area contributed by atoms with Gasteiger partial charge >= 0.3 is 0 Å². The van der Waals surface area contributed by atoms with Gasteiger partial charge in [0.2, 0.25) is 0 Å². The Hall–Kier alpha value is -1.76. The average molecular weight is 344 g/mol. The third-order valence-corrected chi connectivity index (χ3v) is 5.25. The van der Waals surface area contributed by atoms with Crippen LogP contribution in [0.1, 0.15) is 37.7 Å². The summed E-state index contributed by atoms with van der Waals surface area (Å²) in [5.74, 6) is 0.929. The predicted molar refractivity (Wildman–Crippen MR) is 96.0 cm³/mol. The van der Waals surface area contributed by atoms with Crippen LogP contribution in [0, 0.1) is 5.41 Å². The third-order valence-electron chi connectivity index (χ3n) is 5.25. The minimum Gasteiger partial charge on any atom is -0.396 e. The lowest BCUT2D eigenvalue weighted by Crippen LogP contribution is -2.54. The number of piperidine rings is 1. The molecule has 1 saturated heterocycles. The maximum absolute atomic E-state index is 10.6. The first-order valence-electron chi connectivity index (χ1n) is 8.97. The predicted octanol–water partition coefficient (Wildman–Crippen LogP) is 1.65. The maximum atomic E-state index is 10.6. The summed E-state index contributed by atoms with van der Waals surface area (Å²) >= 11 is 0. The number of aliphatic hydroxyl groups is 2. The van der Waals surface area contributed by atoms with Crippen LogP contribution >= 0.6 is 0 Å². The van der Waals surface area contributed by atoms with Crippen molar-refractivity contribution >= 4 is 0 Å². The monoisotopic (exact) mass is 344 g/mol. The Labute approximate surface area is 149 Å². The lowest BCUT2D eigenvalue weighted by molar-refractivity contribution is -0.0775. The zero-order chi connectivity index (χ0) is 17.9. The van der Waals surface area contributed by atoms with Gasteiger partial charge in [0.25, 0.3) is 0 Å². The molecular formula is C19H28N4O2. The molecule has 0 spiro atoms. The SMILES string of the molecule is CC(C)n1cnnc1CN1CC[C@H](O)[C@](CO)(Cc2ccccc2)C1. The quantitative estimate of drug-likeness (QED) is 0.833. The van der Waals surface area contributed by atoms with Crippen molar-refractivity contribution in [3.05, 3.63) is 48.0 Å². The van der Waals surface area contributed by atoms with Gasteiger partial charge in [0.05, 0.1) is 19.3 Å². The van der Waals surface area contributed by atoms with Crippen molar-refractivity contribution in [1.29, 1.82) is 0 Å². The van der Waals surface area contributed by atoms with Crippen LogP contribution in [0.5, 0.6) is 0 Å². The Bertz CT molecular complexity index is 673. The Morgan fingerprint density at radius 2 is 2.04 bits per heavy atom. The highest BCUT2D eigenvalue weighted by molar-refractivity contribution is 5.18. The minimum atomic E-state index is -0.539. The van der Waals surface area contributed by atoms with Crippen LogP contribution in [-0.2, 0) is 13.0 Å². The Morgan fingerprint density at radius 3 is 2.72 bits per heavy atom. The first-order chi connectivity index (χ1) is 12.0. The zero-order valence-corrected chi connectivity index (χ0v) is 15.0. The second kappa shape index (κ2) is 7.64. The number of hydrogen-bond acceptors (Lipinski definition) is 5. The van der Waals surface area contributed by atoms with Gasteiger partial charge in [-0.3, -0.25) is 4.90 Å². The lowest BCUT2D eigenvalue weighted by Gasteiger charge is -2.45. The first-order valence-corrected chi connectivity index (χ1v) is 8.97. The van der Waals surface area contributed by atoms with Crippen molar-refractivity contribution in [1.82, 2.24) is 19.7 Å². The minimum absolute atomic E-state index is 0.0313. The van der Waals surface area contributed by atoms with Gasteiger partial charge in [0.15, 0.2) is 0 Å². The van der Waals surface area contributed by atoms with Crippen LogP contribution in [-0.4, -0.2) is 55.7 Å². The second-order valence-electron chi connectivity index (χ2n) is 7.45. The molecule has 0 bridgehead atoms. The molecule has 0 radical (unpaired) electrons. The van der Waals surface area contributed by atoms with E-state index in [0.29, 0.717) is 32.0 Å². The molecule has 6 heteroatoms. The van der Waals surface area contributed by atoms with E-state index in [4.69, 9.17) is 0 Å². The largest absolute Gasteiger partial charge is 0.396 e. The van der Waals surface area contributed by atoms with E-state index in [0.717, 1.165) is 17.9 Å². The third kappa shape index (κ3) is 3.92. The highest BCUT2D eigenvalue weighted by Gasteiger charge is 2.42. The number of benzene rings is 1. The summed E-state index contributed by atoms with van der Waals surface area (Å²) in [6.45, 7) is 6.31. The zero-order valence-electron chi connectivity index (χ0n) is 15.0. The van der Waals surface area contributed by atoms with Crippen LogP contribution < -0.4 is 0 Å². The van der Waals surface area contributed by atoms with E-state index in [9.17, 15) is 10.2 Å². The summed E-state index contributed by atoms with van der Waals surface area (Å²) in [5, 5.41) is 29.1. The fourth-order valence-corrected chi connectivity index (χ4v) is 3.77. The molecule has 3 rings (SSSR count). The van der Waals surface area contributed by atoms with Crippen molar-refractivity contribution < 1.29 is 10.2 Å². The Balaban J connectivity index is 1.76. The summed E-state index contributed by atoms with van der Waals surface area (Å²) in [5.41, 5.74) is 0.602. The van der Waals surface area contributed by atoms with Gasteiger partial charge in [0, 0.05) is 24.5 Å². The van der Waals surface area contributed by atoms with Crippen molar-refractivity contribution in [2.75, 3.05) is 19.7 Å². The Morgan fingerprint density at radius 1 is 1.28 bits per heavy atom. The van der Waals surface area contributed by atoms with Crippen molar-refractivity contribution in [2.24, 2.45) is 5.41 Å². The van der Waals surface area contributed by atoms with Crippen LogP contribution in [0.4, 0.5) is 0 Å². The topological polar surface area (TPSA) is 74.4 Å². The molecule has 0 unspecified atom stereocenters. The number of aromatic nitrogens is 3. The van der Waals surface area contributed by atoms with Crippen molar-refractivity contribution in [3.8, 4) is 0 Å². The van der Waals surface area contributed by atoms with E-state index in [2.05, 4.69) is 45.6 Å². The fraction of sp³-hybridized carbons (Fsp3) is 0.579. The molecule has 2 atom stereocenters. The number of likely N-dealkylation sites (tertiary alicyclic amines) is 1. The van der Waals surface area contributed by atoms with E-state index in [1.165, 1.54) is 0 Å². The molecule has 136 valence electrons. The average Bonchev–Trinajstić information content (AvgIpc) is 3.07. The van der Waals surface area contributed by atoms with Gasteiger partial charge in [-0.25, -0.2) is 0 Å². The number of hydrogen-bond donors (Lipinski definition) is 2. The molecule has 0 amide bonds. The van der Waals surface area contributed by atoms with Gasteiger partial charge < -0.3 is 14.8 Å². The fourth-order valence-electron chi connectivity index (χ4n) is 3.77. The van der Waals surface area contributed by atoms with Crippen molar-refractivity contribution in [3.63, 3.8) is 0 Å². The van der Waals surface area contributed by atoms with E-state index < -0.39 is 11.5 Å². The summed E-state index contributed by atoms with van der Waals surface area (Å²) in [6.07, 6.45) is 2.58. The molecule has 25 heavy (non-hydrogen) atoms.